The van der Waals surface area contributed by atoms with Crippen molar-refractivity contribution in [3.05, 3.63) is 35.6 Å². The standard InChI is InChI=1S/C15H20FN/c1-2-11-9-15(11,10-17-14-6-7-14)12-4-3-5-13(16)8-12/h3-5,8,11,14,17H,2,6-7,9-10H2,1H3. The maximum atomic E-state index is 13.3. The van der Waals surface area contributed by atoms with Gasteiger partial charge in [0.1, 0.15) is 5.82 Å². The van der Waals surface area contributed by atoms with Gasteiger partial charge < -0.3 is 5.32 Å². The van der Waals surface area contributed by atoms with Gasteiger partial charge in [0.2, 0.25) is 0 Å². The van der Waals surface area contributed by atoms with E-state index >= 15 is 0 Å². The summed E-state index contributed by atoms with van der Waals surface area (Å²) < 4.78 is 13.3. The Morgan fingerprint density at radius 2 is 2.24 bits per heavy atom. The van der Waals surface area contributed by atoms with E-state index in [0.717, 1.165) is 18.5 Å². The summed E-state index contributed by atoms with van der Waals surface area (Å²) in [5, 5.41) is 3.62. The molecule has 1 N–H and O–H groups in total. The van der Waals surface area contributed by atoms with E-state index in [2.05, 4.69) is 18.3 Å². The summed E-state index contributed by atoms with van der Waals surface area (Å²) in [6.45, 7) is 3.27. The summed E-state index contributed by atoms with van der Waals surface area (Å²) in [6, 6.07) is 7.93. The van der Waals surface area contributed by atoms with Crippen LogP contribution in [-0.4, -0.2) is 12.6 Å². The highest BCUT2D eigenvalue weighted by Crippen LogP contribution is 2.55. The van der Waals surface area contributed by atoms with E-state index < -0.39 is 0 Å². The molecule has 1 aromatic rings. The lowest BCUT2D eigenvalue weighted by Gasteiger charge is -2.19. The van der Waals surface area contributed by atoms with Crippen LogP contribution in [-0.2, 0) is 5.41 Å². The van der Waals surface area contributed by atoms with Gasteiger partial charge in [-0.2, -0.15) is 0 Å². The van der Waals surface area contributed by atoms with Gasteiger partial charge >= 0.3 is 0 Å². The van der Waals surface area contributed by atoms with Gasteiger partial charge in [-0.05, 0) is 42.9 Å². The smallest absolute Gasteiger partial charge is 0.123 e. The number of rotatable bonds is 5. The first-order valence-corrected chi connectivity index (χ1v) is 6.74. The second-order valence-corrected chi connectivity index (χ2v) is 5.63. The van der Waals surface area contributed by atoms with Crippen LogP contribution >= 0.6 is 0 Å². The first kappa shape index (κ1) is 11.2. The van der Waals surface area contributed by atoms with Crippen molar-refractivity contribution in [1.29, 1.82) is 0 Å². The van der Waals surface area contributed by atoms with Crippen molar-refractivity contribution >= 4 is 0 Å². The lowest BCUT2D eigenvalue weighted by Crippen LogP contribution is -2.30. The molecule has 1 nitrogen and oxygen atoms in total. The summed E-state index contributed by atoms with van der Waals surface area (Å²) in [6.07, 6.45) is 5.04. The Morgan fingerprint density at radius 1 is 1.41 bits per heavy atom. The number of halogens is 1. The SMILES string of the molecule is CCC1CC1(CNC1CC1)c1cccc(F)c1. The van der Waals surface area contributed by atoms with E-state index in [1.54, 1.807) is 6.07 Å². The Balaban J connectivity index is 1.79. The zero-order valence-electron chi connectivity index (χ0n) is 10.4. The highest BCUT2D eigenvalue weighted by atomic mass is 19.1. The summed E-state index contributed by atoms with van der Waals surface area (Å²) in [5.74, 6) is 0.630. The second kappa shape index (κ2) is 4.09. The van der Waals surface area contributed by atoms with Crippen molar-refractivity contribution < 1.29 is 4.39 Å². The number of hydrogen-bond donors (Lipinski definition) is 1. The van der Waals surface area contributed by atoms with E-state index in [-0.39, 0.29) is 11.2 Å². The Kier molecular flexibility index (Phi) is 2.70. The molecule has 2 unspecified atom stereocenters. The zero-order valence-corrected chi connectivity index (χ0v) is 10.4. The van der Waals surface area contributed by atoms with Gasteiger partial charge in [0, 0.05) is 18.0 Å². The molecule has 2 saturated carbocycles. The Labute approximate surface area is 102 Å². The molecule has 0 bridgehead atoms. The minimum absolute atomic E-state index is 0.102. The molecular weight excluding hydrogens is 213 g/mol. The topological polar surface area (TPSA) is 12.0 Å². The molecule has 0 aromatic heterocycles. The normalized spacial score (nSPS) is 31.5. The van der Waals surface area contributed by atoms with E-state index in [4.69, 9.17) is 0 Å². The van der Waals surface area contributed by atoms with Crippen LogP contribution in [0.3, 0.4) is 0 Å². The van der Waals surface area contributed by atoms with Crippen LogP contribution in [0.2, 0.25) is 0 Å². The molecule has 2 atom stereocenters. The third-order valence-electron chi connectivity index (χ3n) is 4.41. The van der Waals surface area contributed by atoms with Crippen molar-refractivity contribution in [1.82, 2.24) is 5.32 Å². The number of hydrogen-bond acceptors (Lipinski definition) is 1. The van der Waals surface area contributed by atoms with E-state index in [9.17, 15) is 4.39 Å². The van der Waals surface area contributed by atoms with Crippen LogP contribution < -0.4 is 5.32 Å². The Hall–Kier alpha value is -0.890. The van der Waals surface area contributed by atoms with Crippen molar-refractivity contribution in [2.45, 2.75) is 44.1 Å². The number of nitrogens with one attached hydrogen (secondary N) is 1. The van der Waals surface area contributed by atoms with Crippen LogP contribution in [0.25, 0.3) is 0 Å². The van der Waals surface area contributed by atoms with Crippen molar-refractivity contribution in [2.75, 3.05) is 6.54 Å². The fraction of sp³-hybridized carbons (Fsp3) is 0.600. The quantitative estimate of drug-likeness (QED) is 0.823. The van der Waals surface area contributed by atoms with E-state index in [0.29, 0.717) is 0 Å². The van der Waals surface area contributed by atoms with Crippen LogP contribution in [0.4, 0.5) is 4.39 Å². The highest BCUT2D eigenvalue weighted by Gasteiger charge is 2.54. The molecule has 2 aliphatic carbocycles. The predicted molar refractivity (Wildman–Crippen MR) is 67.5 cm³/mol. The van der Waals surface area contributed by atoms with Crippen molar-refractivity contribution in [2.24, 2.45) is 5.92 Å². The first-order valence-electron chi connectivity index (χ1n) is 6.74. The van der Waals surface area contributed by atoms with E-state index in [1.165, 1.54) is 37.3 Å². The second-order valence-electron chi connectivity index (χ2n) is 5.63. The van der Waals surface area contributed by atoms with Crippen molar-refractivity contribution in [3.63, 3.8) is 0 Å². The molecule has 2 heteroatoms. The van der Waals surface area contributed by atoms with Gasteiger partial charge in [0.15, 0.2) is 0 Å². The molecule has 2 fully saturated rings. The van der Waals surface area contributed by atoms with Gasteiger partial charge in [-0.15, -0.1) is 0 Å². The Bertz CT molecular complexity index is 413. The van der Waals surface area contributed by atoms with Crippen LogP contribution in [0.15, 0.2) is 24.3 Å². The molecule has 3 rings (SSSR count). The third-order valence-corrected chi connectivity index (χ3v) is 4.41. The third kappa shape index (κ3) is 2.11. The van der Waals surface area contributed by atoms with Gasteiger partial charge in [-0.3, -0.25) is 0 Å². The van der Waals surface area contributed by atoms with Crippen LogP contribution in [0.1, 0.15) is 38.2 Å². The summed E-state index contributed by atoms with van der Waals surface area (Å²) in [4.78, 5) is 0. The molecule has 92 valence electrons. The van der Waals surface area contributed by atoms with E-state index in [1.807, 2.05) is 6.07 Å². The average Bonchev–Trinajstić information content (AvgIpc) is 3.22. The molecule has 0 radical (unpaired) electrons. The number of benzene rings is 1. The summed E-state index contributed by atoms with van der Waals surface area (Å²) in [5.41, 5.74) is 1.41. The molecule has 1 aromatic carbocycles. The molecule has 0 amide bonds. The summed E-state index contributed by atoms with van der Waals surface area (Å²) >= 11 is 0. The lowest BCUT2D eigenvalue weighted by molar-refractivity contribution is 0.517. The van der Waals surface area contributed by atoms with Gasteiger partial charge in [0.25, 0.3) is 0 Å². The van der Waals surface area contributed by atoms with Gasteiger partial charge in [0.05, 0.1) is 0 Å². The molecule has 0 aliphatic heterocycles. The zero-order chi connectivity index (χ0) is 11.9. The Morgan fingerprint density at radius 3 is 2.82 bits per heavy atom. The van der Waals surface area contributed by atoms with Crippen LogP contribution in [0, 0.1) is 11.7 Å². The molecule has 2 aliphatic rings. The van der Waals surface area contributed by atoms with Gasteiger partial charge in [-0.25, -0.2) is 4.39 Å². The lowest BCUT2D eigenvalue weighted by atomic mass is 9.92. The minimum Gasteiger partial charge on any atom is -0.313 e. The molecule has 0 heterocycles. The maximum absolute atomic E-state index is 13.3. The predicted octanol–water partition coefficient (Wildman–Crippen LogP) is 3.25. The molecule has 0 saturated heterocycles. The van der Waals surface area contributed by atoms with Crippen LogP contribution in [0.5, 0.6) is 0 Å². The van der Waals surface area contributed by atoms with Gasteiger partial charge in [-0.1, -0.05) is 25.5 Å². The first-order chi connectivity index (χ1) is 8.24. The largest absolute Gasteiger partial charge is 0.313 e. The minimum atomic E-state index is -0.102. The fourth-order valence-corrected chi connectivity index (χ4v) is 3.00. The summed E-state index contributed by atoms with van der Waals surface area (Å²) in [7, 11) is 0. The molecule has 0 spiro atoms. The highest BCUT2D eigenvalue weighted by molar-refractivity contribution is 5.35. The fourth-order valence-electron chi connectivity index (χ4n) is 3.00. The average molecular weight is 233 g/mol. The monoisotopic (exact) mass is 233 g/mol. The molecule has 17 heavy (non-hydrogen) atoms. The maximum Gasteiger partial charge on any atom is 0.123 e. The molecular formula is C15H20FN. The van der Waals surface area contributed by atoms with Crippen molar-refractivity contribution in [3.8, 4) is 0 Å².